The Labute approximate surface area is 170 Å². The Balaban J connectivity index is 3.03. The van der Waals surface area contributed by atoms with Crippen LogP contribution in [-0.2, 0) is 9.59 Å². The summed E-state index contributed by atoms with van der Waals surface area (Å²) in [6.45, 7) is 8.61. The van der Waals surface area contributed by atoms with Crippen molar-refractivity contribution in [2.45, 2.75) is 39.7 Å². The molecular formula is C21H27F2N3O3. The summed E-state index contributed by atoms with van der Waals surface area (Å²) in [6.07, 6.45) is 4.95. The first kappa shape index (κ1) is 24.3. The molecule has 0 fully saturated rings. The third-order valence-corrected chi connectivity index (χ3v) is 4.32. The summed E-state index contributed by atoms with van der Waals surface area (Å²) in [5.41, 5.74) is 2.04. The number of ether oxygens (including phenoxy) is 1. The molecule has 1 aromatic rings. The number of aryl methyl sites for hydroxylation is 1. The number of aromatic nitrogens is 1. The molecule has 0 bridgehead atoms. The van der Waals surface area contributed by atoms with E-state index in [1.807, 2.05) is 18.9 Å². The molecule has 0 aliphatic heterocycles. The maximum atomic E-state index is 13.0. The first-order valence-corrected chi connectivity index (χ1v) is 8.99. The predicted molar refractivity (Wildman–Crippen MR) is 109 cm³/mol. The van der Waals surface area contributed by atoms with Crippen LogP contribution in [0.4, 0.5) is 8.78 Å². The quantitative estimate of drug-likeness (QED) is 0.242. The van der Waals surface area contributed by atoms with E-state index in [2.05, 4.69) is 16.7 Å². The molecule has 1 heterocycles. The minimum absolute atomic E-state index is 0.153. The first-order chi connectivity index (χ1) is 13.5. The molecular weight excluding hydrogens is 380 g/mol. The highest BCUT2D eigenvalue weighted by Crippen LogP contribution is 2.25. The molecule has 158 valence electrons. The maximum absolute atomic E-state index is 13.0. The molecule has 1 unspecified atom stereocenters. The minimum atomic E-state index is -2.94. The van der Waals surface area contributed by atoms with Crippen molar-refractivity contribution >= 4 is 18.8 Å². The van der Waals surface area contributed by atoms with E-state index in [1.54, 1.807) is 19.2 Å². The molecule has 29 heavy (non-hydrogen) atoms. The van der Waals surface area contributed by atoms with E-state index in [0.29, 0.717) is 17.4 Å². The maximum Gasteiger partial charge on any atom is 0.278 e. The van der Waals surface area contributed by atoms with E-state index in [9.17, 15) is 18.4 Å². The lowest BCUT2D eigenvalue weighted by atomic mass is 10.0. The number of carbonyl (C=O) groups excluding carboxylic acids is 2. The van der Waals surface area contributed by atoms with Crippen LogP contribution in [0.5, 0.6) is 5.88 Å². The molecule has 0 saturated carbocycles. The number of aldehydes is 1. The van der Waals surface area contributed by atoms with Crippen LogP contribution in [0, 0.1) is 6.92 Å². The fraction of sp³-hybridized carbons (Fsp3) is 0.429. The van der Waals surface area contributed by atoms with Crippen molar-refractivity contribution in [1.82, 2.24) is 9.88 Å². The number of hydrogen-bond acceptors (Lipinski definition) is 6. The second-order valence-corrected chi connectivity index (χ2v) is 6.95. The summed E-state index contributed by atoms with van der Waals surface area (Å²) >= 11 is 0. The second-order valence-electron chi connectivity index (χ2n) is 6.95. The third-order valence-electron chi connectivity index (χ3n) is 4.32. The zero-order chi connectivity index (χ0) is 22.2. The average Bonchev–Trinajstić information content (AvgIpc) is 2.64. The lowest BCUT2D eigenvalue weighted by molar-refractivity contribution is -0.114. The minimum Gasteiger partial charge on any atom is -0.471 e. The fourth-order valence-electron chi connectivity index (χ4n) is 2.55. The Hall–Kier alpha value is -2.74. The summed E-state index contributed by atoms with van der Waals surface area (Å²) in [5.74, 6) is -3.01. The zero-order valence-electron chi connectivity index (χ0n) is 17.4. The lowest BCUT2D eigenvalue weighted by Gasteiger charge is -2.26. The number of hydrogen-bond donors (Lipinski definition) is 0. The summed E-state index contributed by atoms with van der Waals surface area (Å²) in [6, 6.07) is 1.64. The molecule has 0 aliphatic carbocycles. The van der Waals surface area contributed by atoms with E-state index in [1.165, 1.54) is 19.2 Å². The molecule has 1 rings (SSSR count). The van der Waals surface area contributed by atoms with E-state index < -0.39 is 12.5 Å². The van der Waals surface area contributed by atoms with Crippen molar-refractivity contribution in [3.63, 3.8) is 0 Å². The Morgan fingerprint density at radius 3 is 2.62 bits per heavy atom. The monoisotopic (exact) mass is 407 g/mol. The largest absolute Gasteiger partial charge is 0.471 e. The highest BCUT2D eigenvalue weighted by atomic mass is 19.3. The number of likely N-dealkylation sites (N-methyl/N-ethyl adjacent to an activating group) is 1. The number of pyridine rings is 1. The van der Waals surface area contributed by atoms with Gasteiger partial charge in [-0.3, -0.25) is 19.5 Å². The molecule has 0 radical (unpaired) electrons. The number of rotatable bonds is 11. The molecule has 6 nitrogen and oxygen atoms in total. The number of ketones is 1. The van der Waals surface area contributed by atoms with Crippen LogP contribution in [0.3, 0.4) is 0 Å². The highest BCUT2D eigenvalue weighted by molar-refractivity contribution is 6.00. The molecule has 1 atom stereocenters. The standard InChI is InChI=1S/C21H27F2N3O3/c1-14-9-18(10-25-20(14)29-13-21(4,22)23)15(2)26(6)11-19(16(3)28)17(12-27)7-8-24-5/h7-10,12,15H,5,11,13H2,1-4,6H3/b8-7-,19-17+. The number of alkyl halides is 2. The van der Waals surface area contributed by atoms with Crippen molar-refractivity contribution in [1.29, 1.82) is 0 Å². The SMILES string of the molecule is C=N/C=C\C(C=O)=C(\CN(C)C(C)c1cnc(OCC(C)(F)F)c(C)c1)C(C)=O. The number of allylic oxidation sites excluding steroid dienone is 2. The third kappa shape index (κ3) is 7.65. The van der Waals surface area contributed by atoms with Gasteiger partial charge in [0.1, 0.15) is 0 Å². The van der Waals surface area contributed by atoms with Crippen molar-refractivity contribution in [3.05, 3.63) is 46.8 Å². The second kappa shape index (κ2) is 10.7. The summed E-state index contributed by atoms with van der Waals surface area (Å²) < 4.78 is 31.1. The molecule has 0 N–H and O–H groups in total. The van der Waals surface area contributed by atoms with Gasteiger partial charge in [-0.05, 0) is 52.2 Å². The smallest absolute Gasteiger partial charge is 0.278 e. The summed E-state index contributed by atoms with van der Waals surface area (Å²) in [4.78, 5) is 33.0. The van der Waals surface area contributed by atoms with Gasteiger partial charge in [0, 0.05) is 48.6 Å². The van der Waals surface area contributed by atoms with Crippen LogP contribution in [0.1, 0.15) is 37.9 Å². The van der Waals surface area contributed by atoms with E-state index in [4.69, 9.17) is 4.74 Å². The Morgan fingerprint density at radius 1 is 1.48 bits per heavy atom. The van der Waals surface area contributed by atoms with Gasteiger partial charge >= 0.3 is 0 Å². The predicted octanol–water partition coefficient (Wildman–Crippen LogP) is 3.72. The van der Waals surface area contributed by atoms with Crippen LogP contribution < -0.4 is 4.74 Å². The molecule has 0 aliphatic rings. The number of nitrogens with zero attached hydrogens (tertiary/aromatic N) is 3. The van der Waals surface area contributed by atoms with E-state index in [0.717, 1.165) is 12.5 Å². The summed E-state index contributed by atoms with van der Waals surface area (Å²) in [7, 11) is 1.81. The zero-order valence-corrected chi connectivity index (χ0v) is 17.4. The van der Waals surface area contributed by atoms with Gasteiger partial charge in [0.25, 0.3) is 5.92 Å². The van der Waals surface area contributed by atoms with E-state index >= 15 is 0 Å². The van der Waals surface area contributed by atoms with E-state index in [-0.39, 0.29) is 29.8 Å². The summed E-state index contributed by atoms with van der Waals surface area (Å²) in [5, 5.41) is 0. The Morgan fingerprint density at radius 2 is 2.14 bits per heavy atom. The highest BCUT2D eigenvalue weighted by Gasteiger charge is 2.23. The van der Waals surface area contributed by atoms with Crippen molar-refractivity contribution < 1.29 is 23.1 Å². The van der Waals surface area contributed by atoms with Crippen LogP contribution in [0.25, 0.3) is 0 Å². The normalized spacial score (nSPS) is 13.9. The van der Waals surface area contributed by atoms with Gasteiger partial charge in [0.2, 0.25) is 5.88 Å². The number of carbonyl (C=O) groups is 2. The van der Waals surface area contributed by atoms with Crippen molar-refractivity contribution in [2.24, 2.45) is 4.99 Å². The van der Waals surface area contributed by atoms with Gasteiger partial charge in [-0.25, -0.2) is 13.8 Å². The van der Waals surface area contributed by atoms with Crippen molar-refractivity contribution in [3.8, 4) is 5.88 Å². The number of halogens is 2. The molecule has 0 aromatic carbocycles. The van der Waals surface area contributed by atoms with Gasteiger partial charge in [0.15, 0.2) is 18.7 Å². The first-order valence-electron chi connectivity index (χ1n) is 8.99. The van der Waals surface area contributed by atoms with Gasteiger partial charge in [-0.15, -0.1) is 0 Å². The lowest BCUT2D eigenvalue weighted by Crippen LogP contribution is -2.27. The number of aliphatic imine (C=N–C) groups is 1. The number of Topliss-reactive ketones (excluding diaryl/α,β-unsaturated/α-hetero) is 1. The molecule has 8 heteroatoms. The Kier molecular flexibility index (Phi) is 8.97. The van der Waals surface area contributed by atoms with Crippen molar-refractivity contribution in [2.75, 3.05) is 20.2 Å². The van der Waals surface area contributed by atoms with Gasteiger partial charge in [-0.2, -0.15) is 0 Å². The fourth-order valence-corrected chi connectivity index (χ4v) is 2.55. The molecule has 0 saturated heterocycles. The molecule has 0 amide bonds. The average molecular weight is 407 g/mol. The van der Waals surface area contributed by atoms with Crippen LogP contribution >= 0.6 is 0 Å². The molecule has 1 aromatic heterocycles. The van der Waals surface area contributed by atoms with Gasteiger partial charge in [-0.1, -0.05) is 0 Å². The topological polar surface area (TPSA) is 71.9 Å². The van der Waals surface area contributed by atoms with Crippen LogP contribution in [0.2, 0.25) is 0 Å². The van der Waals surface area contributed by atoms with Crippen LogP contribution in [0.15, 0.2) is 40.7 Å². The van der Waals surface area contributed by atoms with Gasteiger partial charge in [0.05, 0.1) is 0 Å². The van der Waals surface area contributed by atoms with Gasteiger partial charge < -0.3 is 4.74 Å². The van der Waals surface area contributed by atoms with Crippen LogP contribution in [-0.4, -0.2) is 54.8 Å². The molecule has 0 spiro atoms. The Bertz CT molecular complexity index is 814.